The van der Waals surface area contributed by atoms with Crippen LogP contribution in [0, 0.1) is 11.6 Å². The summed E-state index contributed by atoms with van der Waals surface area (Å²) in [5.41, 5.74) is 7.04. The third kappa shape index (κ3) is 4.05. The molecule has 0 saturated heterocycles. The molecule has 9 heteroatoms. The van der Waals surface area contributed by atoms with Crippen LogP contribution in [0.5, 0.6) is 0 Å². The molecule has 0 unspecified atom stereocenters. The Morgan fingerprint density at radius 3 is 2.44 bits per heavy atom. The number of nitrogens with two attached hydrogens (primary N) is 1. The second-order valence-corrected chi connectivity index (χ2v) is 8.25. The number of hydrogen-bond acceptors (Lipinski definition) is 3. The molecule has 3 N–H and O–H groups in total. The van der Waals surface area contributed by atoms with Gasteiger partial charge in [0.25, 0.3) is 5.91 Å². The van der Waals surface area contributed by atoms with Gasteiger partial charge in [-0.2, -0.15) is 5.10 Å². The van der Waals surface area contributed by atoms with E-state index in [2.05, 4.69) is 10.4 Å². The molecule has 32 heavy (non-hydrogen) atoms. The van der Waals surface area contributed by atoms with Crippen molar-refractivity contribution < 1.29 is 18.4 Å². The molecule has 2 heterocycles. The Kier molecular flexibility index (Phi) is 5.41. The van der Waals surface area contributed by atoms with Crippen LogP contribution in [0.25, 0.3) is 11.3 Å². The van der Waals surface area contributed by atoms with Gasteiger partial charge < -0.3 is 16.0 Å². The molecule has 166 valence electrons. The predicted octanol–water partition coefficient (Wildman–Crippen LogP) is 3.39. The number of hydrogen-bond donors (Lipinski definition) is 2. The van der Waals surface area contributed by atoms with Crippen molar-refractivity contribution in [3.05, 3.63) is 77.0 Å². The van der Waals surface area contributed by atoms with E-state index in [1.165, 1.54) is 30.3 Å². The first kappa shape index (κ1) is 21.5. The molecule has 3 aromatic rings. The van der Waals surface area contributed by atoms with Crippen molar-refractivity contribution in [2.75, 3.05) is 6.54 Å². The molecule has 3 amide bonds. The highest BCUT2D eigenvalue weighted by atomic mass is 19.1. The van der Waals surface area contributed by atoms with E-state index in [4.69, 9.17) is 5.73 Å². The fourth-order valence-electron chi connectivity index (χ4n) is 3.87. The number of aromatic nitrogens is 2. The lowest BCUT2D eigenvalue weighted by Crippen LogP contribution is -2.50. The summed E-state index contributed by atoms with van der Waals surface area (Å²) in [5.74, 6) is -1.50. The Labute approximate surface area is 183 Å². The average molecular weight is 439 g/mol. The zero-order valence-electron chi connectivity index (χ0n) is 17.7. The van der Waals surface area contributed by atoms with Crippen molar-refractivity contribution in [2.45, 2.75) is 32.5 Å². The number of amides is 3. The summed E-state index contributed by atoms with van der Waals surface area (Å²) < 4.78 is 28.6. The third-order valence-corrected chi connectivity index (χ3v) is 5.60. The summed E-state index contributed by atoms with van der Waals surface area (Å²) >= 11 is 0. The molecule has 0 radical (unpaired) electrons. The van der Waals surface area contributed by atoms with Crippen LogP contribution in [0.1, 0.15) is 35.5 Å². The number of fused-ring (bicyclic) bond motifs is 1. The summed E-state index contributed by atoms with van der Waals surface area (Å²) in [6.07, 6.45) is 0. The first-order valence-electron chi connectivity index (χ1n) is 10.1. The Bertz CT molecular complexity index is 1190. The fraction of sp³-hybridized carbons (Fsp3) is 0.261. The van der Waals surface area contributed by atoms with Crippen molar-refractivity contribution in [1.29, 1.82) is 0 Å². The summed E-state index contributed by atoms with van der Waals surface area (Å²) in [6.45, 7) is 4.48. The molecule has 0 spiro atoms. The highest BCUT2D eigenvalue weighted by molar-refractivity contribution is 6.00. The molecule has 0 saturated carbocycles. The second-order valence-electron chi connectivity index (χ2n) is 8.25. The fourth-order valence-corrected chi connectivity index (χ4v) is 3.87. The highest BCUT2D eigenvalue weighted by Crippen LogP contribution is 2.29. The zero-order chi connectivity index (χ0) is 23.0. The van der Waals surface area contributed by atoms with E-state index in [1.54, 1.807) is 27.8 Å². The van der Waals surface area contributed by atoms with Gasteiger partial charge in [0.1, 0.15) is 17.3 Å². The van der Waals surface area contributed by atoms with Crippen LogP contribution < -0.4 is 11.1 Å². The molecule has 1 aromatic heterocycles. The number of carbonyl (C=O) groups is 2. The van der Waals surface area contributed by atoms with E-state index in [1.807, 2.05) is 13.8 Å². The summed E-state index contributed by atoms with van der Waals surface area (Å²) in [5, 5.41) is 7.42. The number of nitrogens with zero attached hydrogens (tertiary/aromatic N) is 3. The van der Waals surface area contributed by atoms with Gasteiger partial charge in [-0.05, 0) is 43.7 Å². The number of rotatable bonds is 4. The average Bonchev–Trinajstić information content (AvgIpc) is 3.13. The van der Waals surface area contributed by atoms with Crippen molar-refractivity contribution in [3.63, 3.8) is 0 Å². The number of primary amides is 1. The minimum atomic E-state index is -0.748. The molecule has 0 fully saturated rings. The van der Waals surface area contributed by atoms with Crippen LogP contribution in [-0.2, 0) is 18.6 Å². The Morgan fingerprint density at radius 2 is 1.78 bits per heavy atom. The van der Waals surface area contributed by atoms with Crippen molar-refractivity contribution in [3.8, 4) is 11.3 Å². The molecule has 0 aliphatic carbocycles. The van der Waals surface area contributed by atoms with Gasteiger partial charge in [-0.1, -0.05) is 24.3 Å². The van der Waals surface area contributed by atoms with Crippen molar-refractivity contribution >= 4 is 11.9 Å². The summed E-state index contributed by atoms with van der Waals surface area (Å²) in [6, 6.07) is 11.4. The SMILES string of the molecule is CC(C)(NC(=O)N1CCn2nc(-c3cccc(F)c3)c(C(N)=O)c2C1)c1ccc(F)cc1. The minimum absolute atomic E-state index is 0.117. The van der Waals surface area contributed by atoms with E-state index < -0.39 is 17.3 Å². The van der Waals surface area contributed by atoms with Crippen LogP contribution in [0.2, 0.25) is 0 Å². The maximum Gasteiger partial charge on any atom is 0.318 e. The van der Waals surface area contributed by atoms with Crippen molar-refractivity contribution in [1.82, 2.24) is 20.0 Å². The molecule has 0 bridgehead atoms. The molecule has 7 nitrogen and oxygen atoms in total. The normalized spacial score (nSPS) is 13.6. The van der Waals surface area contributed by atoms with Crippen LogP contribution in [0.15, 0.2) is 48.5 Å². The zero-order valence-corrected chi connectivity index (χ0v) is 17.7. The lowest BCUT2D eigenvalue weighted by atomic mass is 9.94. The maximum atomic E-state index is 13.7. The quantitative estimate of drug-likeness (QED) is 0.653. The van der Waals surface area contributed by atoms with Crippen LogP contribution >= 0.6 is 0 Å². The standard InChI is InChI=1S/C23H23F2N5O2/c1-23(2,15-6-8-16(24)9-7-15)27-22(32)29-10-11-30-18(13-29)19(21(26)31)20(28-30)14-4-3-5-17(25)12-14/h3-9,12H,10-11,13H2,1-2H3,(H2,26,31)(H,27,32). The number of halogens is 2. The topological polar surface area (TPSA) is 93.2 Å². The minimum Gasteiger partial charge on any atom is -0.365 e. The van der Waals surface area contributed by atoms with E-state index >= 15 is 0 Å². The monoisotopic (exact) mass is 439 g/mol. The van der Waals surface area contributed by atoms with Gasteiger partial charge >= 0.3 is 6.03 Å². The third-order valence-electron chi connectivity index (χ3n) is 5.60. The summed E-state index contributed by atoms with van der Waals surface area (Å²) in [7, 11) is 0. The highest BCUT2D eigenvalue weighted by Gasteiger charge is 2.32. The van der Waals surface area contributed by atoms with Gasteiger partial charge in [-0.3, -0.25) is 9.48 Å². The molecule has 2 aromatic carbocycles. The van der Waals surface area contributed by atoms with E-state index in [9.17, 15) is 18.4 Å². The predicted molar refractivity (Wildman–Crippen MR) is 115 cm³/mol. The largest absolute Gasteiger partial charge is 0.365 e. The number of urea groups is 1. The Balaban J connectivity index is 1.60. The smallest absolute Gasteiger partial charge is 0.318 e. The van der Waals surface area contributed by atoms with Crippen molar-refractivity contribution in [2.24, 2.45) is 5.73 Å². The Morgan fingerprint density at radius 1 is 1.06 bits per heavy atom. The second kappa shape index (κ2) is 8.07. The van der Waals surface area contributed by atoms with E-state index in [0.29, 0.717) is 30.0 Å². The lowest BCUT2D eigenvalue weighted by Gasteiger charge is -2.33. The molecule has 1 aliphatic rings. The molecule has 1 aliphatic heterocycles. The maximum absolute atomic E-state index is 13.7. The van der Waals surface area contributed by atoms with Gasteiger partial charge in [0.15, 0.2) is 0 Å². The molecular formula is C23H23F2N5O2. The van der Waals surface area contributed by atoms with Gasteiger partial charge in [0.05, 0.1) is 29.9 Å². The van der Waals surface area contributed by atoms with E-state index in [0.717, 1.165) is 5.56 Å². The molecular weight excluding hydrogens is 416 g/mol. The van der Waals surface area contributed by atoms with Crippen LogP contribution in [-0.4, -0.2) is 33.2 Å². The van der Waals surface area contributed by atoms with Crippen LogP contribution in [0.3, 0.4) is 0 Å². The van der Waals surface area contributed by atoms with Gasteiger partial charge in [0.2, 0.25) is 0 Å². The Hall–Kier alpha value is -3.75. The molecule has 0 atom stereocenters. The number of nitrogens with one attached hydrogen (secondary N) is 1. The van der Waals surface area contributed by atoms with Gasteiger partial charge in [-0.15, -0.1) is 0 Å². The number of carbonyl (C=O) groups excluding carboxylic acids is 2. The molecule has 4 rings (SSSR count). The van der Waals surface area contributed by atoms with Gasteiger partial charge in [-0.25, -0.2) is 13.6 Å². The lowest BCUT2D eigenvalue weighted by molar-refractivity contribution is 0.0997. The van der Waals surface area contributed by atoms with E-state index in [-0.39, 0.29) is 24.0 Å². The van der Waals surface area contributed by atoms with Crippen LogP contribution in [0.4, 0.5) is 13.6 Å². The van der Waals surface area contributed by atoms with Gasteiger partial charge in [0, 0.05) is 12.1 Å². The summed E-state index contributed by atoms with van der Waals surface area (Å²) in [4.78, 5) is 26.8. The number of benzene rings is 2. The first-order chi connectivity index (χ1) is 15.2. The first-order valence-corrected chi connectivity index (χ1v) is 10.1.